The second-order valence-corrected chi connectivity index (χ2v) is 10.8. The number of sulfonamides is 1. The summed E-state index contributed by atoms with van der Waals surface area (Å²) in [5.41, 5.74) is 0.393. The van der Waals surface area contributed by atoms with Crippen molar-refractivity contribution in [2.45, 2.75) is 79.7 Å². The average molecular weight is 374 g/mol. The maximum absolute atomic E-state index is 12.3. The van der Waals surface area contributed by atoms with E-state index in [2.05, 4.69) is 25.8 Å². The van der Waals surface area contributed by atoms with Crippen LogP contribution >= 0.6 is 0 Å². The number of nitrogens with zero attached hydrogens (tertiary/aromatic N) is 3. The fourth-order valence-electron chi connectivity index (χ4n) is 2.54. The first-order chi connectivity index (χ1) is 11.1. The number of rotatable bonds is 7. The largest absolute Gasteiger partial charge is 0.371 e. The molecule has 0 aliphatic heterocycles. The highest BCUT2D eigenvalue weighted by molar-refractivity contribution is 7.88. The van der Waals surface area contributed by atoms with E-state index >= 15 is 0 Å². The average Bonchev–Trinajstić information content (AvgIpc) is 2.77. The van der Waals surface area contributed by atoms with E-state index in [4.69, 9.17) is 4.74 Å². The zero-order valence-corrected chi connectivity index (χ0v) is 18.0. The van der Waals surface area contributed by atoms with Gasteiger partial charge in [-0.1, -0.05) is 20.8 Å². The van der Waals surface area contributed by atoms with Crippen molar-refractivity contribution in [2.24, 2.45) is 5.41 Å². The van der Waals surface area contributed by atoms with Crippen LogP contribution in [0.4, 0.5) is 0 Å². The Morgan fingerprint density at radius 2 is 1.80 bits per heavy atom. The minimum Gasteiger partial charge on any atom is -0.371 e. The summed E-state index contributed by atoms with van der Waals surface area (Å²) in [5, 5.41) is 0. The van der Waals surface area contributed by atoms with Gasteiger partial charge in [-0.15, -0.1) is 0 Å². The Labute approximate surface area is 153 Å². The lowest BCUT2D eigenvalue weighted by molar-refractivity contribution is -0.0710. The Morgan fingerprint density at radius 1 is 1.24 bits per heavy atom. The number of hydrogen-bond acceptors (Lipinski definition) is 4. The van der Waals surface area contributed by atoms with Gasteiger partial charge >= 0.3 is 0 Å². The Morgan fingerprint density at radius 3 is 2.16 bits per heavy atom. The molecule has 0 saturated carbocycles. The third kappa shape index (κ3) is 7.07. The quantitative estimate of drug-likeness (QED) is 0.737. The summed E-state index contributed by atoms with van der Waals surface area (Å²) >= 11 is 0. The first-order valence-electron chi connectivity index (χ1n) is 8.72. The molecule has 2 atom stereocenters. The van der Waals surface area contributed by atoms with Crippen molar-refractivity contribution in [3.8, 4) is 0 Å². The summed E-state index contributed by atoms with van der Waals surface area (Å²) < 4.78 is 34.4. The van der Waals surface area contributed by atoms with E-state index in [0.717, 1.165) is 5.69 Å². The van der Waals surface area contributed by atoms with E-state index in [1.807, 2.05) is 45.4 Å². The molecule has 0 spiro atoms. The van der Waals surface area contributed by atoms with Gasteiger partial charge in [0.15, 0.2) is 0 Å². The van der Waals surface area contributed by atoms with Gasteiger partial charge in [0.2, 0.25) is 10.0 Å². The van der Waals surface area contributed by atoms with E-state index in [1.54, 1.807) is 6.33 Å². The summed E-state index contributed by atoms with van der Waals surface area (Å²) in [6.07, 6.45) is 4.68. The molecule has 0 saturated heterocycles. The first-order valence-corrected chi connectivity index (χ1v) is 10.6. The molecule has 7 heteroatoms. The van der Waals surface area contributed by atoms with Gasteiger partial charge in [-0.3, -0.25) is 0 Å². The van der Waals surface area contributed by atoms with Crippen molar-refractivity contribution >= 4 is 10.0 Å². The molecule has 1 heterocycles. The molecule has 25 heavy (non-hydrogen) atoms. The lowest BCUT2D eigenvalue weighted by atomic mass is 9.90. The topological polar surface area (TPSA) is 64.4 Å². The molecule has 1 aromatic heterocycles. The minimum absolute atomic E-state index is 0.0107. The molecule has 6 nitrogen and oxygen atoms in total. The summed E-state index contributed by atoms with van der Waals surface area (Å²) in [7, 11) is -3.35. The number of aryl methyl sites for hydroxylation is 1. The molecule has 1 rings (SSSR count). The number of ether oxygens (including phenoxy) is 1. The van der Waals surface area contributed by atoms with Crippen LogP contribution in [0.2, 0.25) is 0 Å². The zero-order valence-electron chi connectivity index (χ0n) is 17.2. The van der Waals surface area contributed by atoms with E-state index in [1.165, 1.54) is 10.6 Å². The van der Waals surface area contributed by atoms with Gasteiger partial charge in [0.25, 0.3) is 0 Å². The Bertz CT molecular complexity index is 654. The van der Waals surface area contributed by atoms with Crippen LogP contribution in [0.3, 0.4) is 0 Å². The number of hydrogen-bond donors (Lipinski definition) is 0. The molecular weight excluding hydrogens is 338 g/mol. The van der Waals surface area contributed by atoms with Crippen molar-refractivity contribution in [1.29, 1.82) is 0 Å². The van der Waals surface area contributed by atoms with Crippen molar-refractivity contribution in [3.63, 3.8) is 0 Å². The van der Waals surface area contributed by atoms with Gasteiger partial charge < -0.3 is 9.30 Å². The lowest BCUT2D eigenvalue weighted by Crippen LogP contribution is -2.50. The third-order valence-electron chi connectivity index (χ3n) is 4.31. The van der Waals surface area contributed by atoms with Gasteiger partial charge in [-0.05, 0) is 40.0 Å². The molecule has 0 radical (unpaired) electrons. The monoisotopic (exact) mass is 373 g/mol. The van der Waals surface area contributed by atoms with Crippen LogP contribution < -0.4 is 0 Å². The predicted octanol–water partition coefficient (Wildman–Crippen LogP) is 3.07. The predicted molar refractivity (Wildman–Crippen MR) is 102 cm³/mol. The van der Waals surface area contributed by atoms with E-state index in [0.29, 0.717) is 13.1 Å². The third-order valence-corrected chi connectivity index (χ3v) is 5.81. The van der Waals surface area contributed by atoms with Crippen LogP contribution in [-0.4, -0.2) is 52.8 Å². The molecule has 0 bridgehead atoms. The normalized spacial score (nSPS) is 16.2. The van der Waals surface area contributed by atoms with Crippen LogP contribution in [0.5, 0.6) is 0 Å². The van der Waals surface area contributed by atoms with Crippen LogP contribution in [0.15, 0.2) is 12.5 Å². The molecule has 0 N–H and O–H groups in total. The fourth-order valence-corrected chi connectivity index (χ4v) is 3.97. The van der Waals surface area contributed by atoms with E-state index in [9.17, 15) is 8.42 Å². The summed E-state index contributed by atoms with van der Waals surface area (Å²) in [4.78, 5) is 4.25. The van der Waals surface area contributed by atoms with Crippen LogP contribution in [0, 0.1) is 12.3 Å². The Hall–Kier alpha value is -0.920. The molecule has 0 aliphatic rings. The second kappa shape index (κ2) is 7.76. The van der Waals surface area contributed by atoms with Crippen molar-refractivity contribution in [2.75, 3.05) is 12.8 Å². The minimum atomic E-state index is -3.35. The highest BCUT2D eigenvalue weighted by Crippen LogP contribution is 2.25. The summed E-state index contributed by atoms with van der Waals surface area (Å²) in [6, 6.07) is 0. The second-order valence-electron chi connectivity index (χ2n) is 8.94. The molecule has 2 unspecified atom stereocenters. The molecule has 1 aromatic rings. The zero-order chi connectivity index (χ0) is 19.6. The maximum Gasteiger partial charge on any atom is 0.211 e. The first kappa shape index (κ1) is 22.1. The maximum atomic E-state index is 12.3. The van der Waals surface area contributed by atoms with Crippen LogP contribution in [0.25, 0.3) is 0 Å². The van der Waals surface area contributed by atoms with E-state index < -0.39 is 15.6 Å². The van der Waals surface area contributed by atoms with Gasteiger partial charge in [-0.25, -0.2) is 13.4 Å². The number of imidazole rings is 1. The van der Waals surface area contributed by atoms with Crippen LogP contribution in [0.1, 0.15) is 54.2 Å². The Kier molecular flexibility index (Phi) is 6.87. The summed E-state index contributed by atoms with van der Waals surface area (Å²) in [5.74, 6) is 0. The smallest absolute Gasteiger partial charge is 0.211 e. The Balaban J connectivity index is 3.07. The molecular formula is C18H35N3O3S. The lowest BCUT2D eigenvalue weighted by Gasteiger charge is -2.38. The summed E-state index contributed by atoms with van der Waals surface area (Å²) in [6.45, 7) is 16.9. The van der Waals surface area contributed by atoms with Crippen molar-refractivity contribution < 1.29 is 13.2 Å². The van der Waals surface area contributed by atoms with Crippen molar-refractivity contribution in [1.82, 2.24) is 13.9 Å². The molecule has 146 valence electrons. The van der Waals surface area contributed by atoms with Gasteiger partial charge in [0, 0.05) is 18.3 Å². The molecule has 0 fully saturated rings. The molecule has 0 amide bonds. The van der Waals surface area contributed by atoms with Gasteiger partial charge in [0.05, 0.1) is 37.0 Å². The highest BCUT2D eigenvalue weighted by atomic mass is 32.2. The SMILES string of the molecule is Cc1cn(CC(CN(C(C)(C)C)S(C)(=O)=O)OC(C)C(C)(C)C)cn1. The van der Waals surface area contributed by atoms with Gasteiger partial charge in [-0.2, -0.15) is 4.31 Å². The van der Waals surface area contributed by atoms with Crippen LogP contribution in [-0.2, 0) is 21.3 Å². The standard InChI is InChI=1S/C18H35N3O3S/c1-14-10-20(13-19-14)11-16(24-15(2)17(3,4)5)12-21(18(6,7)8)25(9,22)23/h10,13,15-16H,11-12H2,1-9H3. The van der Waals surface area contributed by atoms with Crippen molar-refractivity contribution in [3.05, 3.63) is 18.2 Å². The molecule has 0 aliphatic carbocycles. The highest BCUT2D eigenvalue weighted by Gasteiger charge is 2.34. The fraction of sp³-hybridized carbons (Fsp3) is 0.833. The molecule has 0 aromatic carbocycles. The number of aromatic nitrogens is 2. The van der Waals surface area contributed by atoms with Gasteiger partial charge in [0.1, 0.15) is 0 Å². The van der Waals surface area contributed by atoms with E-state index in [-0.39, 0.29) is 17.6 Å².